The molecule has 0 radical (unpaired) electrons. The van der Waals surface area contributed by atoms with E-state index in [9.17, 15) is 0 Å². The summed E-state index contributed by atoms with van der Waals surface area (Å²) in [5.74, 6) is 0. The van der Waals surface area contributed by atoms with E-state index in [2.05, 4.69) is 4.90 Å². The summed E-state index contributed by atoms with van der Waals surface area (Å²) in [4.78, 5) is 2.08. The Morgan fingerprint density at radius 3 is 2.69 bits per heavy atom. The van der Waals surface area contributed by atoms with Crippen LogP contribution in [0.1, 0.15) is 6.92 Å². The van der Waals surface area contributed by atoms with Crippen molar-refractivity contribution in [2.75, 3.05) is 33.9 Å². The molecule has 1 aliphatic rings. The molecule has 1 rings (SSSR count). The highest BCUT2D eigenvalue weighted by atomic mass is 16.5. The van der Waals surface area contributed by atoms with Crippen molar-refractivity contribution >= 4 is 0 Å². The van der Waals surface area contributed by atoms with Gasteiger partial charge in [-0.1, -0.05) is 0 Å². The van der Waals surface area contributed by atoms with Crippen LogP contribution >= 0.6 is 0 Å². The number of hydrogen-bond donors (Lipinski definition) is 1. The first-order chi connectivity index (χ1) is 6.24. The van der Waals surface area contributed by atoms with Crippen molar-refractivity contribution in [2.24, 2.45) is 0 Å². The van der Waals surface area contributed by atoms with Gasteiger partial charge in [0.2, 0.25) is 0 Å². The molecule has 1 heterocycles. The molecular weight excluding hydrogens is 170 g/mol. The predicted molar refractivity (Wildman–Crippen MR) is 49.7 cm³/mol. The van der Waals surface area contributed by atoms with E-state index in [4.69, 9.17) is 14.6 Å². The highest BCUT2D eigenvalue weighted by molar-refractivity contribution is 4.93. The molecule has 0 aromatic rings. The Morgan fingerprint density at radius 1 is 1.54 bits per heavy atom. The average molecular weight is 189 g/mol. The highest BCUT2D eigenvalue weighted by Crippen LogP contribution is 2.21. The van der Waals surface area contributed by atoms with Gasteiger partial charge in [0.15, 0.2) is 0 Å². The van der Waals surface area contributed by atoms with E-state index in [1.165, 1.54) is 0 Å². The lowest BCUT2D eigenvalue weighted by molar-refractivity contribution is -0.0456. The number of ether oxygens (including phenoxy) is 2. The highest BCUT2D eigenvalue weighted by Gasteiger charge is 2.40. The Kier molecular flexibility index (Phi) is 4.12. The molecule has 0 amide bonds. The molecule has 0 aromatic carbocycles. The Morgan fingerprint density at radius 2 is 2.23 bits per heavy atom. The molecule has 78 valence electrons. The number of likely N-dealkylation sites (tertiary alicyclic amines) is 1. The zero-order valence-electron chi connectivity index (χ0n) is 8.56. The van der Waals surface area contributed by atoms with E-state index >= 15 is 0 Å². The normalized spacial score (nSPS) is 35.5. The standard InChI is InChI=1S/C9H19NO3/c1-4-13-9-7(6-11)10(2)5-8(9)12-3/h7-9,11H,4-6H2,1-3H3/t7-,8-,9-/m1/s1. The van der Waals surface area contributed by atoms with E-state index in [-0.39, 0.29) is 24.9 Å². The first-order valence-corrected chi connectivity index (χ1v) is 4.70. The number of nitrogens with zero attached hydrogens (tertiary/aromatic N) is 1. The summed E-state index contributed by atoms with van der Waals surface area (Å²) in [6.07, 6.45) is 0.0899. The molecule has 0 aromatic heterocycles. The third kappa shape index (κ3) is 2.20. The van der Waals surface area contributed by atoms with E-state index < -0.39 is 0 Å². The Labute approximate surface area is 79.4 Å². The molecule has 1 aliphatic heterocycles. The van der Waals surface area contributed by atoms with Crippen molar-refractivity contribution in [3.05, 3.63) is 0 Å². The Balaban J connectivity index is 2.60. The average Bonchev–Trinajstić information content (AvgIpc) is 2.43. The molecule has 4 heteroatoms. The molecular formula is C9H19NO3. The largest absolute Gasteiger partial charge is 0.395 e. The van der Waals surface area contributed by atoms with Gasteiger partial charge >= 0.3 is 0 Å². The topological polar surface area (TPSA) is 41.9 Å². The van der Waals surface area contributed by atoms with Gasteiger partial charge in [0, 0.05) is 20.3 Å². The lowest BCUT2D eigenvalue weighted by atomic mass is 10.1. The smallest absolute Gasteiger partial charge is 0.103 e. The number of hydrogen-bond acceptors (Lipinski definition) is 4. The first-order valence-electron chi connectivity index (χ1n) is 4.70. The second-order valence-electron chi connectivity index (χ2n) is 3.38. The second kappa shape index (κ2) is 4.91. The summed E-state index contributed by atoms with van der Waals surface area (Å²) in [5, 5.41) is 9.17. The number of aliphatic hydroxyl groups excluding tert-OH is 1. The van der Waals surface area contributed by atoms with Crippen LogP contribution in [0.4, 0.5) is 0 Å². The minimum atomic E-state index is 0.00463. The molecule has 4 nitrogen and oxygen atoms in total. The van der Waals surface area contributed by atoms with Crippen LogP contribution in [0.3, 0.4) is 0 Å². The van der Waals surface area contributed by atoms with Gasteiger partial charge in [0.1, 0.15) is 6.10 Å². The third-order valence-electron chi connectivity index (χ3n) is 2.63. The van der Waals surface area contributed by atoms with Gasteiger partial charge in [-0.3, -0.25) is 4.90 Å². The number of methoxy groups -OCH3 is 1. The molecule has 3 atom stereocenters. The maximum absolute atomic E-state index is 9.17. The number of aliphatic hydroxyl groups is 1. The number of likely N-dealkylation sites (N-methyl/N-ethyl adjacent to an activating group) is 1. The van der Waals surface area contributed by atoms with Gasteiger partial charge in [0.05, 0.1) is 18.8 Å². The summed E-state index contributed by atoms with van der Waals surface area (Å²) in [5.41, 5.74) is 0. The summed E-state index contributed by atoms with van der Waals surface area (Å²) in [7, 11) is 3.66. The van der Waals surface area contributed by atoms with Crippen LogP contribution < -0.4 is 0 Å². The van der Waals surface area contributed by atoms with Crippen LogP contribution in [0, 0.1) is 0 Å². The molecule has 0 unspecified atom stereocenters. The van der Waals surface area contributed by atoms with Crippen LogP contribution in [-0.2, 0) is 9.47 Å². The van der Waals surface area contributed by atoms with Crippen molar-refractivity contribution in [3.8, 4) is 0 Å². The summed E-state index contributed by atoms with van der Waals surface area (Å²) in [6, 6.07) is 0.0740. The molecule has 1 saturated heterocycles. The minimum Gasteiger partial charge on any atom is -0.395 e. The summed E-state index contributed by atoms with van der Waals surface area (Å²) < 4.78 is 10.9. The van der Waals surface area contributed by atoms with Gasteiger partial charge in [0.25, 0.3) is 0 Å². The van der Waals surface area contributed by atoms with E-state index in [1.54, 1.807) is 7.11 Å². The van der Waals surface area contributed by atoms with Crippen molar-refractivity contribution in [3.63, 3.8) is 0 Å². The Bertz CT molecular complexity index is 154. The minimum absolute atomic E-state index is 0.00463. The molecule has 0 saturated carbocycles. The third-order valence-corrected chi connectivity index (χ3v) is 2.63. The van der Waals surface area contributed by atoms with Crippen molar-refractivity contribution < 1.29 is 14.6 Å². The van der Waals surface area contributed by atoms with Gasteiger partial charge in [-0.25, -0.2) is 0 Å². The van der Waals surface area contributed by atoms with Crippen LogP contribution in [0.2, 0.25) is 0 Å². The fourth-order valence-electron chi connectivity index (χ4n) is 1.88. The van der Waals surface area contributed by atoms with Crippen LogP contribution in [-0.4, -0.2) is 62.2 Å². The lowest BCUT2D eigenvalue weighted by Crippen LogP contribution is -2.39. The lowest BCUT2D eigenvalue weighted by Gasteiger charge is -2.23. The second-order valence-corrected chi connectivity index (χ2v) is 3.38. The zero-order valence-corrected chi connectivity index (χ0v) is 8.56. The van der Waals surface area contributed by atoms with Gasteiger partial charge in [-0.05, 0) is 14.0 Å². The van der Waals surface area contributed by atoms with Crippen LogP contribution in [0.15, 0.2) is 0 Å². The fourth-order valence-corrected chi connectivity index (χ4v) is 1.88. The van der Waals surface area contributed by atoms with E-state index in [0.29, 0.717) is 6.61 Å². The first kappa shape index (κ1) is 10.9. The quantitative estimate of drug-likeness (QED) is 0.660. The molecule has 0 aliphatic carbocycles. The van der Waals surface area contributed by atoms with Crippen molar-refractivity contribution in [1.82, 2.24) is 4.90 Å². The maximum Gasteiger partial charge on any atom is 0.103 e. The Hall–Kier alpha value is -0.160. The van der Waals surface area contributed by atoms with Crippen LogP contribution in [0.5, 0.6) is 0 Å². The van der Waals surface area contributed by atoms with Gasteiger partial charge < -0.3 is 14.6 Å². The molecule has 0 bridgehead atoms. The monoisotopic (exact) mass is 189 g/mol. The van der Waals surface area contributed by atoms with E-state index in [1.807, 2.05) is 14.0 Å². The molecule has 1 fully saturated rings. The summed E-state index contributed by atoms with van der Waals surface area (Å²) in [6.45, 7) is 3.57. The van der Waals surface area contributed by atoms with Crippen LogP contribution in [0.25, 0.3) is 0 Å². The maximum atomic E-state index is 9.17. The molecule has 0 spiro atoms. The van der Waals surface area contributed by atoms with Gasteiger partial charge in [-0.2, -0.15) is 0 Å². The fraction of sp³-hybridized carbons (Fsp3) is 1.00. The predicted octanol–water partition coefficient (Wildman–Crippen LogP) is -0.287. The van der Waals surface area contributed by atoms with Crippen molar-refractivity contribution in [1.29, 1.82) is 0 Å². The SMILES string of the molecule is CCO[C@@H]1[C@@H](CO)N(C)C[C@H]1OC. The van der Waals surface area contributed by atoms with E-state index in [0.717, 1.165) is 6.54 Å². The summed E-state index contributed by atoms with van der Waals surface area (Å²) >= 11 is 0. The molecule has 13 heavy (non-hydrogen) atoms. The van der Waals surface area contributed by atoms with Gasteiger partial charge in [-0.15, -0.1) is 0 Å². The molecule has 1 N–H and O–H groups in total. The zero-order chi connectivity index (χ0) is 9.84. The van der Waals surface area contributed by atoms with Crippen molar-refractivity contribution in [2.45, 2.75) is 25.2 Å². The number of rotatable bonds is 4.